The van der Waals surface area contributed by atoms with E-state index in [9.17, 15) is 0 Å². The van der Waals surface area contributed by atoms with Gasteiger partial charge in [-0.15, -0.1) is 0 Å². The topological polar surface area (TPSA) is 33.3 Å². The van der Waals surface area contributed by atoms with Crippen LogP contribution in [0.4, 0.5) is 0 Å². The molecule has 1 heterocycles. The molecular formula is C15H23Cl3N2O-2. The van der Waals surface area contributed by atoms with Crippen LogP contribution >= 0.6 is 11.6 Å². The van der Waals surface area contributed by atoms with Gasteiger partial charge in [0.05, 0.1) is 6.61 Å². The predicted octanol–water partition coefficient (Wildman–Crippen LogP) is -3.16. The largest absolute Gasteiger partial charge is 1.00 e. The van der Waals surface area contributed by atoms with Crippen molar-refractivity contribution >= 4 is 11.6 Å². The average molecular weight is 354 g/mol. The van der Waals surface area contributed by atoms with Crippen LogP contribution in [0.25, 0.3) is 0 Å². The first kappa shape index (κ1) is 20.8. The van der Waals surface area contributed by atoms with E-state index in [2.05, 4.69) is 10.6 Å². The number of piperidine rings is 1. The van der Waals surface area contributed by atoms with Crippen molar-refractivity contribution in [1.82, 2.24) is 10.6 Å². The van der Waals surface area contributed by atoms with E-state index in [0.717, 1.165) is 48.4 Å². The highest BCUT2D eigenvalue weighted by Gasteiger charge is 2.12. The van der Waals surface area contributed by atoms with Crippen molar-refractivity contribution in [3.63, 3.8) is 0 Å². The van der Waals surface area contributed by atoms with Gasteiger partial charge in [0.1, 0.15) is 5.75 Å². The maximum atomic E-state index is 6.05. The third-order valence-electron chi connectivity index (χ3n) is 3.53. The minimum Gasteiger partial charge on any atom is -1.00 e. The van der Waals surface area contributed by atoms with Crippen molar-refractivity contribution in [1.29, 1.82) is 0 Å². The fourth-order valence-corrected chi connectivity index (χ4v) is 2.67. The number of hydrogen-bond donors (Lipinski definition) is 2. The number of rotatable bonds is 6. The molecule has 0 bridgehead atoms. The fourth-order valence-electron chi connectivity index (χ4n) is 2.48. The molecule has 1 aliphatic rings. The van der Waals surface area contributed by atoms with Crippen LogP contribution < -0.4 is 40.2 Å². The third-order valence-corrected chi connectivity index (χ3v) is 3.76. The molecule has 1 aromatic rings. The lowest BCUT2D eigenvalue weighted by Gasteiger charge is -2.23. The monoisotopic (exact) mass is 352 g/mol. The Morgan fingerprint density at radius 1 is 1.29 bits per heavy atom. The first-order valence-corrected chi connectivity index (χ1v) is 7.50. The molecule has 1 aromatic carbocycles. The molecule has 122 valence electrons. The summed E-state index contributed by atoms with van der Waals surface area (Å²) in [6, 6.07) is 5.82. The number of ether oxygens (including phenoxy) is 1. The van der Waals surface area contributed by atoms with E-state index < -0.39 is 0 Å². The minimum atomic E-state index is 0. The van der Waals surface area contributed by atoms with Crippen LogP contribution in [-0.4, -0.2) is 26.2 Å². The first-order valence-electron chi connectivity index (χ1n) is 7.12. The Bertz CT molecular complexity index is 399. The molecule has 2 rings (SSSR count). The molecule has 21 heavy (non-hydrogen) atoms. The second-order valence-electron chi connectivity index (χ2n) is 5.01. The molecule has 6 heteroatoms. The summed E-state index contributed by atoms with van der Waals surface area (Å²) in [7, 11) is 0. The molecule has 0 aromatic heterocycles. The molecule has 1 saturated heterocycles. The molecule has 1 aliphatic heterocycles. The Morgan fingerprint density at radius 2 is 2.00 bits per heavy atom. The van der Waals surface area contributed by atoms with Crippen LogP contribution in [0.3, 0.4) is 0 Å². The molecule has 3 nitrogen and oxygen atoms in total. The van der Waals surface area contributed by atoms with Gasteiger partial charge in [-0.2, -0.15) is 0 Å². The van der Waals surface area contributed by atoms with Crippen LogP contribution in [-0.2, 0) is 6.54 Å². The van der Waals surface area contributed by atoms with Crippen LogP contribution in [0.5, 0.6) is 5.75 Å². The van der Waals surface area contributed by atoms with E-state index in [0.29, 0.717) is 6.61 Å². The molecule has 0 unspecified atom stereocenters. The zero-order valence-corrected chi connectivity index (χ0v) is 14.6. The molecule has 0 aliphatic carbocycles. The van der Waals surface area contributed by atoms with Gasteiger partial charge in [-0.3, -0.25) is 0 Å². The Hall–Kier alpha value is -0.190. The summed E-state index contributed by atoms with van der Waals surface area (Å²) in [5, 5.41) is 7.69. The van der Waals surface area contributed by atoms with Crippen molar-refractivity contribution in [3.8, 4) is 5.75 Å². The molecule has 2 N–H and O–H groups in total. The number of halogens is 3. The maximum absolute atomic E-state index is 6.05. The summed E-state index contributed by atoms with van der Waals surface area (Å²) in [4.78, 5) is 0. The van der Waals surface area contributed by atoms with Crippen LogP contribution in [0.15, 0.2) is 18.2 Å². The van der Waals surface area contributed by atoms with E-state index in [1.54, 1.807) is 0 Å². The van der Waals surface area contributed by atoms with Crippen molar-refractivity contribution in [2.75, 3.05) is 26.2 Å². The van der Waals surface area contributed by atoms with E-state index in [-0.39, 0.29) is 24.8 Å². The fraction of sp³-hybridized carbons (Fsp3) is 0.600. The molecule has 1 fully saturated rings. The molecule has 0 saturated carbocycles. The first-order chi connectivity index (χ1) is 9.29. The second-order valence-corrected chi connectivity index (χ2v) is 5.45. The van der Waals surface area contributed by atoms with E-state index in [4.69, 9.17) is 16.3 Å². The molecule has 0 amide bonds. The minimum absolute atomic E-state index is 0. The molecule has 0 radical (unpaired) electrons. The molecule has 0 atom stereocenters. The van der Waals surface area contributed by atoms with Crippen molar-refractivity contribution < 1.29 is 29.6 Å². The Balaban J connectivity index is 0.00000200. The van der Waals surface area contributed by atoms with Crippen molar-refractivity contribution in [2.45, 2.75) is 26.3 Å². The van der Waals surface area contributed by atoms with Crippen molar-refractivity contribution in [2.24, 2.45) is 5.92 Å². The van der Waals surface area contributed by atoms with Gasteiger partial charge >= 0.3 is 0 Å². The third kappa shape index (κ3) is 7.07. The lowest BCUT2D eigenvalue weighted by atomic mass is 9.98. The van der Waals surface area contributed by atoms with Crippen molar-refractivity contribution in [3.05, 3.63) is 28.8 Å². The van der Waals surface area contributed by atoms with Gasteiger partial charge in [-0.1, -0.05) is 11.6 Å². The van der Waals surface area contributed by atoms with Gasteiger partial charge in [0.2, 0.25) is 0 Å². The normalized spacial score (nSPS) is 15.0. The Kier molecular flexibility index (Phi) is 11.3. The zero-order chi connectivity index (χ0) is 13.5. The van der Waals surface area contributed by atoms with E-state index >= 15 is 0 Å². The summed E-state index contributed by atoms with van der Waals surface area (Å²) in [6.07, 6.45) is 2.53. The summed E-state index contributed by atoms with van der Waals surface area (Å²) in [5.74, 6) is 1.72. The average Bonchev–Trinajstić information content (AvgIpc) is 2.43. The van der Waals surface area contributed by atoms with Gasteiger partial charge in [-0.25, -0.2) is 0 Å². The highest BCUT2D eigenvalue weighted by atomic mass is 35.5. The quantitative estimate of drug-likeness (QED) is 0.566. The van der Waals surface area contributed by atoms with Gasteiger partial charge in [0.25, 0.3) is 0 Å². The summed E-state index contributed by atoms with van der Waals surface area (Å²) >= 11 is 6.05. The SMILES string of the molecule is CCOc1ccc(Cl)cc1CNCC1CCNCC1.[Cl-].[Cl-]. The number of nitrogens with one attached hydrogen (secondary N) is 2. The summed E-state index contributed by atoms with van der Waals surface area (Å²) < 4.78 is 5.63. The zero-order valence-electron chi connectivity index (χ0n) is 12.3. The standard InChI is InChI=1S/C15H23ClN2O.2ClH/c1-2-19-15-4-3-14(16)9-13(15)11-18-10-12-5-7-17-8-6-12;;/h3-4,9,12,17-18H,2,5-8,10-11H2,1H3;2*1H/p-2. The van der Waals surface area contributed by atoms with Gasteiger partial charge in [0.15, 0.2) is 0 Å². The molecule has 0 spiro atoms. The Morgan fingerprint density at radius 3 is 2.67 bits per heavy atom. The summed E-state index contributed by atoms with van der Waals surface area (Å²) in [6.45, 7) is 6.87. The van der Waals surface area contributed by atoms with Gasteiger partial charge in [-0.05, 0) is 63.5 Å². The van der Waals surface area contributed by atoms with Crippen LogP contribution in [0, 0.1) is 5.92 Å². The number of benzene rings is 1. The molecular weight excluding hydrogens is 331 g/mol. The van der Waals surface area contributed by atoms with E-state index in [1.165, 1.54) is 12.8 Å². The highest BCUT2D eigenvalue weighted by Crippen LogP contribution is 2.23. The van der Waals surface area contributed by atoms with Gasteiger partial charge in [0, 0.05) is 17.1 Å². The maximum Gasteiger partial charge on any atom is 0.123 e. The van der Waals surface area contributed by atoms with Crippen LogP contribution in [0.1, 0.15) is 25.3 Å². The van der Waals surface area contributed by atoms with Crippen LogP contribution in [0.2, 0.25) is 5.02 Å². The lowest BCUT2D eigenvalue weighted by Crippen LogP contribution is -3.00. The smallest absolute Gasteiger partial charge is 0.123 e. The number of hydrogen-bond acceptors (Lipinski definition) is 3. The highest BCUT2D eigenvalue weighted by molar-refractivity contribution is 6.30. The predicted molar refractivity (Wildman–Crippen MR) is 79.9 cm³/mol. The van der Waals surface area contributed by atoms with Gasteiger partial charge < -0.3 is 40.2 Å². The summed E-state index contributed by atoms with van der Waals surface area (Å²) in [5.41, 5.74) is 1.14. The Labute approximate surface area is 145 Å². The lowest BCUT2D eigenvalue weighted by molar-refractivity contribution is -0.001000. The second kappa shape index (κ2) is 11.4. The van der Waals surface area contributed by atoms with E-state index in [1.807, 2.05) is 25.1 Å².